The van der Waals surface area contributed by atoms with E-state index in [1.54, 1.807) is 0 Å². The maximum atomic E-state index is 5.79. The van der Waals surface area contributed by atoms with Gasteiger partial charge in [-0.3, -0.25) is 0 Å². The number of benzene rings is 1. The molecule has 0 aliphatic heterocycles. The lowest BCUT2D eigenvalue weighted by Crippen LogP contribution is -1.92. The zero-order chi connectivity index (χ0) is 9.97. The van der Waals surface area contributed by atoms with Crippen LogP contribution in [-0.2, 0) is 0 Å². The molecule has 14 heavy (non-hydrogen) atoms. The normalized spacial score (nSPS) is 10.1. The van der Waals surface area contributed by atoms with Crippen molar-refractivity contribution >= 4 is 28.3 Å². The van der Waals surface area contributed by atoms with E-state index in [0.717, 1.165) is 20.5 Å². The molecular weight excluding hydrogens is 287 g/mol. The average Bonchev–Trinajstić information content (AvgIpc) is 2.23. The summed E-state index contributed by atoms with van der Waals surface area (Å²) >= 11 is 2.12. The number of nitrogen functional groups attached to an aromatic ring is 1. The summed E-state index contributed by atoms with van der Waals surface area (Å²) in [5, 5.41) is 0. The summed E-state index contributed by atoms with van der Waals surface area (Å²) in [6, 6.07) is 12.0. The van der Waals surface area contributed by atoms with Crippen LogP contribution in [0.4, 0.5) is 5.69 Å². The highest BCUT2D eigenvalue weighted by Crippen LogP contribution is 2.22. The molecule has 0 atom stereocenters. The van der Waals surface area contributed by atoms with Gasteiger partial charge in [0.25, 0.3) is 0 Å². The van der Waals surface area contributed by atoms with Crippen molar-refractivity contribution in [1.29, 1.82) is 0 Å². The number of nitrogens with zero attached hydrogens (tertiary/aromatic N) is 1. The van der Waals surface area contributed by atoms with Crippen LogP contribution < -0.4 is 5.73 Å². The fourth-order valence-electron chi connectivity index (χ4n) is 1.25. The second kappa shape index (κ2) is 3.96. The maximum Gasteiger partial charge on any atom is 0.124 e. The highest BCUT2D eigenvalue weighted by atomic mass is 127. The van der Waals surface area contributed by atoms with E-state index < -0.39 is 0 Å². The zero-order valence-electron chi connectivity index (χ0n) is 7.44. The predicted octanol–water partition coefficient (Wildman–Crippen LogP) is 2.94. The van der Waals surface area contributed by atoms with Gasteiger partial charge in [-0.2, -0.15) is 0 Å². The van der Waals surface area contributed by atoms with Gasteiger partial charge in [0.1, 0.15) is 3.70 Å². The molecule has 1 aromatic heterocycles. The van der Waals surface area contributed by atoms with Crippen molar-refractivity contribution < 1.29 is 0 Å². The Morgan fingerprint density at radius 1 is 1.07 bits per heavy atom. The number of hydrogen-bond acceptors (Lipinski definition) is 2. The third-order valence-electron chi connectivity index (χ3n) is 1.97. The van der Waals surface area contributed by atoms with Gasteiger partial charge in [0.15, 0.2) is 0 Å². The molecule has 0 aliphatic rings. The molecule has 0 unspecified atom stereocenters. The fourth-order valence-corrected chi connectivity index (χ4v) is 1.55. The van der Waals surface area contributed by atoms with Crippen molar-refractivity contribution in [1.82, 2.24) is 4.98 Å². The van der Waals surface area contributed by atoms with E-state index in [4.69, 9.17) is 5.73 Å². The molecule has 0 bridgehead atoms. The number of rotatable bonds is 1. The van der Waals surface area contributed by atoms with Crippen molar-refractivity contribution in [3.05, 3.63) is 46.3 Å². The summed E-state index contributed by atoms with van der Waals surface area (Å²) < 4.78 is 0.849. The molecule has 2 nitrogen and oxygen atoms in total. The molecule has 0 radical (unpaired) electrons. The molecule has 0 spiro atoms. The van der Waals surface area contributed by atoms with Crippen LogP contribution in [0.25, 0.3) is 11.1 Å². The van der Waals surface area contributed by atoms with Crippen LogP contribution in [0.1, 0.15) is 0 Å². The third-order valence-corrected chi connectivity index (χ3v) is 2.87. The summed E-state index contributed by atoms with van der Waals surface area (Å²) in [4.78, 5) is 4.22. The standard InChI is InChI=1S/C11H9IN2/c12-11-10(13)6-9(7-14-11)8-4-2-1-3-5-8/h1-7H,13H2. The van der Waals surface area contributed by atoms with Gasteiger partial charge in [-0.15, -0.1) is 0 Å². The number of hydrogen-bond donors (Lipinski definition) is 1. The first-order valence-corrected chi connectivity index (χ1v) is 5.31. The SMILES string of the molecule is Nc1cc(-c2ccccc2)cnc1I. The number of halogens is 1. The Morgan fingerprint density at radius 3 is 2.43 bits per heavy atom. The predicted molar refractivity (Wildman–Crippen MR) is 66.8 cm³/mol. The number of nitrogens with two attached hydrogens (primary N) is 1. The average molecular weight is 296 g/mol. The second-order valence-corrected chi connectivity index (χ2v) is 3.99. The molecule has 0 fully saturated rings. The maximum absolute atomic E-state index is 5.79. The molecule has 0 amide bonds. The lowest BCUT2D eigenvalue weighted by molar-refractivity contribution is 1.28. The van der Waals surface area contributed by atoms with E-state index in [1.165, 1.54) is 0 Å². The van der Waals surface area contributed by atoms with Crippen LogP contribution in [0.15, 0.2) is 42.6 Å². The van der Waals surface area contributed by atoms with Gasteiger partial charge in [0.05, 0.1) is 5.69 Å². The molecule has 2 rings (SSSR count). The molecule has 2 aromatic rings. The van der Waals surface area contributed by atoms with Gasteiger partial charge in [0, 0.05) is 11.8 Å². The lowest BCUT2D eigenvalue weighted by atomic mass is 10.1. The van der Waals surface area contributed by atoms with Gasteiger partial charge in [-0.05, 0) is 34.2 Å². The molecule has 0 aliphatic carbocycles. The molecule has 70 valence electrons. The Bertz CT molecular complexity index is 440. The van der Waals surface area contributed by atoms with E-state index in [1.807, 2.05) is 42.6 Å². The topological polar surface area (TPSA) is 38.9 Å². The molecule has 1 aromatic carbocycles. The first-order chi connectivity index (χ1) is 6.77. The van der Waals surface area contributed by atoms with Crippen LogP contribution >= 0.6 is 22.6 Å². The van der Waals surface area contributed by atoms with Gasteiger partial charge >= 0.3 is 0 Å². The van der Waals surface area contributed by atoms with Gasteiger partial charge in [-0.1, -0.05) is 30.3 Å². The Labute approximate surface area is 96.3 Å². The van der Waals surface area contributed by atoms with E-state index in [9.17, 15) is 0 Å². The largest absolute Gasteiger partial charge is 0.397 e. The Hall–Kier alpha value is -1.10. The smallest absolute Gasteiger partial charge is 0.124 e. The second-order valence-electron chi connectivity index (χ2n) is 2.97. The molecule has 2 N–H and O–H groups in total. The van der Waals surface area contributed by atoms with E-state index >= 15 is 0 Å². The molecular formula is C11H9IN2. The summed E-state index contributed by atoms with van der Waals surface area (Å²) in [5.74, 6) is 0. The van der Waals surface area contributed by atoms with E-state index in [2.05, 4.69) is 27.6 Å². The number of aromatic nitrogens is 1. The fraction of sp³-hybridized carbons (Fsp3) is 0. The van der Waals surface area contributed by atoms with Crippen LogP contribution in [-0.4, -0.2) is 4.98 Å². The highest BCUT2D eigenvalue weighted by molar-refractivity contribution is 14.1. The van der Waals surface area contributed by atoms with Crippen LogP contribution in [0.3, 0.4) is 0 Å². The van der Waals surface area contributed by atoms with Gasteiger partial charge in [0.2, 0.25) is 0 Å². The van der Waals surface area contributed by atoms with Crippen molar-refractivity contribution in [2.45, 2.75) is 0 Å². The lowest BCUT2D eigenvalue weighted by Gasteiger charge is -2.03. The summed E-state index contributed by atoms with van der Waals surface area (Å²) in [7, 11) is 0. The van der Waals surface area contributed by atoms with Crippen molar-refractivity contribution in [2.24, 2.45) is 0 Å². The van der Waals surface area contributed by atoms with E-state index in [-0.39, 0.29) is 0 Å². The number of pyridine rings is 1. The zero-order valence-corrected chi connectivity index (χ0v) is 9.60. The summed E-state index contributed by atoms with van der Waals surface area (Å²) in [6.07, 6.45) is 1.84. The first-order valence-electron chi connectivity index (χ1n) is 4.24. The Kier molecular flexibility index (Phi) is 2.67. The van der Waals surface area contributed by atoms with Crippen molar-refractivity contribution in [3.8, 4) is 11.1 Å². The van der Waals surface area contributed by atoms with Crippen LogP contribution in [0.2, 0.25) is 0 Å². The monoisotopic (exact) mass is 296 g/mol. The van der Waals surface area contributed by atoms with Gasteiger partial charge < -0.3 is 5.73 Å². The minimum atomic E-state index is 0.729. The summed E-state index contributed by atoms with van der Waals surface area (Å²) in [5.41, 5.74) is 8.72. The minimum absolute atomic E-state index is 0.729. The quantitative estimate of drug-likeness (QED) is 0.649. The Morgan fingerprint density at radius 2 is 1.79 bits per heavy atom. The molecule has 3 heteroatoms. The minimum Gasteiger partial charge on any atom is -0.397 e. The third kappa shape index (κ3) is 1.87. The summed E-state index contributed by atoms with van der Waals surface area (Å²) in [6.45, 7) is 0. The molecule has 1 heterocycles. The van der Waals surface area contributed by atoms with E-state index in [0.29, 0.717) is 0 Å². The Balaban J connectivity index is 2.48. The highest BCUT2D eigenvalue weighted by Gasteiger charge is 2.00. The van der Waals surface area contributed by atoms with Crippen LogP contribution in [0.5, 0.6) is 0 Å². The first kappa shape index (κ1) is 9.45. The molecule has 0 saturated heterocycles. The van der Waals surface area contributed by atoms with Crippen molar-refractivity contribution in [2.75, 3.05) is 5.73 Å². The van der Waals surface area contributed by atoms with Crippen molar-refractivity contribution in [3.63, 3.8) is 0 Å². The van der Waals surface area contributed by atoms with Gasteiger partial charge in [-0.25, -0.2) is 4.98 Å². The number of anilines is 1. The molecule has 0 saturated carbocycles. The van der Waals surface area contributed by atoms with Crippen LogP contribution in [0, 0.1) is 3.70 Å².